The first-order valence-electron chi connectivity index (χ1n) is 5.75. The molecular formula is C15H10Cl2FNO. The molecule has 0 saturated carbocycles. The summed E-state index contributed by atoms with van der Waals surface area (Å²) in [5.74, 6) is -0.696. The van der Waals surface area contributed by atoms with E-state index in [-0.39, 0.29) is 11.7 Å². The number of carbonyl (C=O) groups excluding carboxylic acids is 1. The zero-order valence-corrected chi connectivity index (χ0v) is 11.8. The molecule has 2 aromatic rings. The van der Waals surface area contributed by atoms with Crippen LogP contribution in [0, 0.1) is 5.82 Å². The van der Waals surface area contributed by atoms with Gasteiger partial charge in [-0.1, -0.05) is 41.4 Å². The number of amides is 1. The van der Waals surface area contributed by atoms with Gasteiger partial charge in [-0.3, -0.25) is 4.79 Å². The lowest BCUT2D eigenvalue weighted by Gasteiger charge is -2.06. The third-order valence-corrected chi connectivity index (χ3v) is 3.14. The van der Waals surface area contributed by atoms with E-state index in [9.17, 15) is 9.18 Å². The SMILES string of the molecule is O=C(C=Cc1ccc(F)cc1)Nc1c(Cl)cccc1Cl. The van der Waals surface area contributed by atoms with Gasteiger partial charge in [0.25, 0.3) is 0 Å². The highest BCUT2D eigenvalue weighted by Gasteiger charge is 2.07. The van der Waals surface area contributed by atoms with Gasteiger partial charge in [-0.15, -0.1) is 0 Å². The molecule has 20 heavy (non-hydrogen) atoms. The van der Waals surface area contributed by atoms with Crippen LogP contribution in [0.5, 0.6) is 0 Å². The molecule has 0 atom stereocenters. The van der Waals surface area contributed by atoms with Crippen LogP contribution in [0.2, 0.25) is 10.0 Å². The van der Waals surface area contributed by atoms with Gasteiger partial charge in [0.05, 0.1) is 15.7 Å². The Morgan fingerprint density at radius 1 is 1.05 bits per heavy atom. The Morgan fingerprint density at radius 2 is 1.65 bits per heavy atom. The maximum Gasteiger partial charge on any atom is 0.248 e. The van der Waals surface area contributed by atoms with Crippen molar-refractivity contribution in [1.82, 2.24) is 0 Å². The average Bonchev–Trinajstić information content (AvgIpc) is 2.42. The van der Waals surface area contributed by atoms with Gasteiger partial charge in [0, 0.05) is 6.08 Å². The molecule has 0 heterocycles. The van der Waals surface area contributed by atoms with Gasteiger partial charge in [-0.2, -0.15) is 0 Å². The molecule has 0 bridgehead atoms. The molecule has 0 unspecified atom stereocenters. The van der Waals surface area contributed by atoms with Crippen molar-refractivity contribution in [3.05, 3.63) is 70.0 Å². The van der Waals surface area contributed by atoms with Crippen molar-refractivity contribution in [2.45, 2.75) is 0 Å². The zero-order valence-electron chi connectivity index (χ0n) is 10.2. The maximum atomic E-state index is 12.7. The van der Waals surface area contributed by atoms with Gasteiger partial charge >= 0.3 is 0 Å². The first-order valence-corrected chi connectivity index (χ1v) is 6.50. The van der Waals surface area contributed by atoms with Crippen molar-refractivity contribution < 1.29 is 9.18 Å². The molecule has 0 radical (unpaired) electrons. The average molecular weight is 310 g/mol. The molecule has 1 amide bonds. The van der Waals surface area contributed by atoms with E-state index in [1.807, 2.05) is 0 Å². The number of anilines is 1. The minimum Gasteiger partial charge on any atom is -0.320 e. The van der Waals surface area contributed by atoms with E-state index in [2.05, 4.69) is 5.32 Å². The molecule has 0 aliphatic rings. The Morgan fingerprint density at radius 3 is 2.25 bits per heavy atom. The van der Waals surface area contributed by atoms with Crippen LogP contribution < -0.4 is 5.32 Å². The summed E-state index contributed by atoms with van der Waals surface area (Å²) in [5.41, 5.74) is 1.08. The molecule has 0 aliphatic carbocycles. The molecule has 0 saturated heterocycles. The molecule has 0 aromatic heterocycles. The third-order valence-electron chi connectivity index (χ3n) is 2.51. The number of halogens is 3. The highest BCUT2D eigenvalue weighted by atomic mass is 35.5. The zero-order chi connectivity index (χ0) is 14.5. The highest BCUT2D eigenvalue weighted by molar-refractivity contribution is 6.39. The summed E-state index contributed by atoms with van der Waals surface area (Å²) in [6, 6.07) is 10.7. The number of benzene rings is 2. The van der Waals surface area contributed by atoms with Crippen LogP contribution in [-0.2, 0) is 4.79 Å². The van der Waals surface area contributed by atoms with Crippen molar-refractivity contribution in [2.24, 2.45) is 0 Å². The predicted molar refractivity (Wildman–Crippen MR) is 80.5 cm³/mol. The summed E-state index contributed by atoms with van der Waals surface area (Å²) >= 11 is 11.9. The molecule has 1 N–H and O–H groups in total. The standard InChI is InChI=1S/C15H10Cl2FNO/c16-12-2-1-3-13(17)15(12)19-14(20)9-6-10-4-7-11(18)8-5-10/h1-9H,(H,19,20). The fraction of sp³-hybridized carbons (Fsp3) is 0. The van der Waals surface area contributed by atoms with Gasteiger partial charge in [0.1, 0.15) is 5.82 Å². The Hall–Kier alpha value is -1.84. The summed E-state index contributed by atoms with van der Waals surface area (Å²) in [6.07, 6.45) is 2.90. The third kappa shape index (κ3) is 3.83. The van der Waals surface area contributed by atoms with Gasteiger partial charge in [-0.25, -0.2) is 4.39 Å². The first kappa shape index (κ1) is 14.6. The molecule has 2 nitrogen and oxygen atoms in total. The van der Waals surface area contributed by atoms with Crippen LogP contribution in [0.4, 0.5) is 10.1 Å². The number of hydrogen-bond donors (Lipinski definition) is 1. The fourth-order valence-electron chi connectivity index (χ4n) is 1.53. The molecular weight excluding hydrogens is 300 g/mol. The largest absolute Gasteiger partial charge is 0.320 e. The Bertz CT molecular complexity index is 633. The minimum atomic E-state index is -0.371. The van der Waals surface area contributed by atoms with Crippen LogP contribution in [-0.4, -0.2) is 5.91 Å². The Kier molecular flexibility index (Phi) is 4.77. The lowest BCUT2D eigenvalue weighted by molar-refractivity contribution is -0.111. The molecule has 2 rings (SSSR count). The van der Waals surface area contributed by atoms with Gasteiger partial charge in [0.2, 0.25) is 5.91 Å². The second-order valence-corrected chi connectivity index (χ2v) is 4.79. The second kappa shape index (κ2) is 6.55. The van der Waals surface area contributed by atoms with E-state index in [0.717, 1.165) is 0 Å². The summed E-state index contributed by atoms with van der Waals surface area (Å²) in [5, 5.41) is 3.32. The van der Waals surface area contributed by atoms with E-state index in [0.29, 0.717) is 21.3 Å². The van der Waals surface area contributed by atoms with E-state index < -0.39 is 0 Å². The Balaban J connectivity index is 2.07. The lowest BCUT2D eigenvalue weighted by Crippen LogP contribution is -2.08. The quantitative estimate of drug-likeness (QED) is 0.812. The van der Waals surface area contributed by atoms with Crippen molar-refractivity contribution in [3.63, 3.8) is 0 Å². The molecule has 102 valence electrons. The monoisotopic (exact) mass is 309 g/mol. The number of para-hydroxylation sites is 1. The van der Waals surface area contributed by atoms with Crippen LogP contribution in [0.1, 0.15) is 5.56 Å². The number of carbonyl (C=O) groups is 1. The number of hydrogen-bond acceptors (Lipinski definition) is 1. The summed E-state index contributed by atoms with van der Waals surface area (Å²) in [7, 11) is 0. The van der Waals surface area contributed by atoms with Crippen molar-refractivity contribution in [1.29, 1.82) is 0 Å². The van der Waals surface area contributed by atoms with Crippen molar-refractivity contribution in [2.75, 3.05) is 5.32 Å². The molecule has 2 aromatic carbocycles. The van der Waals surface area contributed by atoms with E-state index in [4.69, 9.17) is 23.2 Å². The topological polar surface area (TPSA) is 29.1 Å². The van der Waals surface area contributed by atoms with Crippen molar-refractivity contribution >= 4 is 40.9 Å². The molecule has 0 fully saturated rings. The fourth-order valence-corrected chi connectivity index (χ4v) is 2.02. The van der Waals surface area contributed by atoms with Crippen LogP contribution in [0.25, 0.3) is 6.08 Å². The van der Waals surface area contributed by atoms with E-state index >= 15 is 0 Å². The van der Waals surface area contributed by atoms with Crippen LogP contribution in [0.15, 0.2) is 48.5 Å². The van der Waals surface area contributed by atoms with Gasteiger partial charge in [0.15, 0.2) is 0 Å². The predicted octanol–water partition coefficient (Wildman–Crippen LogP) is 4.78. The van der Waals surface area contributed by atoms with Crippen molar-refractivity contribution in [3.8, 4) is 0 Å². The maximum absolute atomic E-state index is 12.7. The number of nitrogens with one attached hydrogen (secondary N) is 1. The lowest BCUT2D eigenvalue weighted by atomic mass is 10.2. The first-order chi connectivity index (χ1) is 9.56. The van der Waals surface area contributed by atoms with Crippen LogP contribution >= 0.6 is 23.2 Å². The van der Waals surface area contributed by atoms with Crippen LogP contribution in [0.3, 0.4) is 0 Å². The van der Waals surface area contributed by atoms with Gasteiger partial charge < -0.3 is 5.32 Å². The van der Waals surface area contributed by atoms with E-state index in [1.54, 1.807) is 36.4 Å². The highest BCUT2D eigenvalue weighted by Crippen LogP contribution is 2.29. The molecule has 5 heteroatoms. The normalized spacial score (nSPS) is 10.8. The summed E-state index contributed by atoms with van der Waals surface area (Å²) in [4.78, 5) is 11.8. The summed E-state index contributed by atoms with van der Waals surface area (Å²) < 4.78 is 12.7. The number of rotatable bonds is 3. The smallest absolute Gasteiger partial charge is 0.248 e. The second-order valence-electron chi connectivity index (χ2n) is 3.97. The summed E-state index contributed by atoms with van der Waals surface area (Å²) in [6.45, 7) is 0. The van der Waals surface area contributed by atoms with E-state index in [1.165, 1.54) is 18.2 Å². The Labute approximate surface area is 125 Å². The van der Waals surface area contributed by atoms with Gasteiger partial charge in [-0.05, 0) is 35.9 Å². The molecule has 0 spiro atoms. The minimum absolute atomic E-state index is 0.325. The molecule has 0 aliphatic heterocycles.